The molecule has 16 heavy (non-hydrogen) atoms. The minimum absolute atomic E-state index is 0.123. The minimum atomic E-state index is -2.52. The molecule has 6 heteroatoms. The van der Waals surface area contributed by atoms with Gasteiger partial charge in [0.2, 0.25) is 6.79 Å². The molecule has 0 saturated heterocycles. The van der Waals surface area contributed by atoms with Crippen molar-refractivity contribution in [3.63, 3.8) is 0 Å². The number of nitrogens with two attached hydrogens (primary N) is 1. The maximum atomic E-state index is 12.0. The van der Waals surface area contributed by atoms with E-state index in [1.54, 1.807) is 6.07 Å². The van der Waals surface area contributed by atoms with Crippen molar-refractivity contribution in [3.05, 3.63) is 17.7 Å². The maximum Gasteiger partial charge on any atom is 0.272 e. The Morgan fingerprint density at radius 1 is 1.31 bits per heavy atom. The molecule has 0 amide bonds. The van der Waals surface area contributed by atoms with Crippen molar-refractivity contribution < 1.29 is 23.0 Å². The Bertz CT molecular complexity index is 385. The van der Waals surface area contributed by atoms with Crippen LogP contribution in [0.5, 0.6) is 17.2 Å². The second kappa shape index (κ2) is 4.52. The Morgan fingerprint density at radius 3 is 2.62 bits per heavy atom. The summed E-state index contributed by atoms with van der Waals surface area (Å²) in [5, 5.41) is 0. The van der Waals surface area contributed by atoms with Gasteiger partial charge in [0.25, 0.3) is 6.43 Å². The van der Waals surface area contributed by atoms with E-state index in [-0.39, 0.29) is 13.3 Å². The molecule has 1 aliphatic rings. The van der Waals surface area contributed by atoms with Crippen LogP contribution in [-0.4, -0.2) is 19.8 Å². The third-order valence-corrected chi connectivity index (χ3v) is 2.14. The summed E-state index contributed by atoms with van der Waals surface area (Å²) >= 11 is 0. The molecule has 1 aliphatic heterocycles. The van der Waals surface area contributed by atoms with Gasteiger partial charge in [0.15, 0.2) is 11.5 Å². The van der Waals surface area contributed by atoms with E-state index >= 15 is 0 Å². The Balaban J connectivity index is 2.22. The zero-order valence-electron chi connectivity index (χ0n) is 8.41. The molecule has 0 atom stereocenters. The van der Waals surface area contributed by atoms with E-state index in [9.17, 15) is 8.78 Å². The highest BCUT2D eigenvalue weighted by atomic mass is 19.3. The zero-order chi connectivity index (χ0) is 11.5. The van der Waals surface area contributed by atoms with E-state index in [1.807, 2.05) is 0 Å². The summed E-state index contributed by atoms with van der Waals surface area (Å²) in [6.45, 7) is -0.348. The first kappa shape index (κ1) is 10.9. The summed E-state index contributed by atoms with van der Waals surface area (Å²) in [5.41, 5.74) is 6.10. The van der Waals surface area contributed by atoms with Crippen molar-refractivity contribution in [2.45, 2.75) is 13.0 Å². The summed E-state index contributed by atoms with van der Waals surface area (Å²) in [6.07, 6.45) is -2.52. The fraction of sp³-hybridized carbons (Fsp3) is 0.400. The molecular formula is C10H11F2NO3. The lowest BCUT2D eigenvalue weighted by Gasteiger charge is -2.10. The van der Waals surface area contributed by atoms with Gasteiger partial charge in [-0.15, -0.1) is 0 Å². The molecule has 0 aliphatic carbocycles. The molecule has 2 rings (SSSR count). The van der Waals surface area contributed by atoms with Gasteiger partial charge in [-0.1, -0.05) is 0 Å². The summed E-state index contributed by atoms with van der Waals surface area (Å²) in [4.78, 5) is 0. The van der Waals surface area contributed by atoms with Crippen molar-refractivity contribution in [1.82, 2.24) is 0 Å². The highest BCUT2D eigenvalue weighted by Crippen LogP contribution is 2.38. The third-order valence-electron chi connectivity index (χ3n) is 2.14. The first-order valence-corrected chi connectivity index (χ1v) is 4.74. The maximum absolute atomic E-state index is 12.0. The number of benzene rings is 1. The molecule has 1 heterocycles. The van der Waals surface area contributed by atoms with Crippen LogP contribution in [0.15, 0.2) is 12.1 Å². The van der Waals surface area contributed by atoms with Gasteiger partial charge in [0.1, 0.15) is 12.4 Å². The van der Waals surface area contributed by atoms with E-state index < -0.39 is 13.0 Å². The first-order valence-electron chi connectivity index (χ1n) is 4.74. The van der Waals surface area contributed by atoms with Gasteiger partial charge in [-0.3, -0.25) is 0 Å². The average molecular weight is 231 g/mol. The normalized spacial score (nSPS) is 13.2. The lowest BCUT2D eigenvalue weighted by molar-refractivity contribution is 0.0813. The third kappa shape index (κ3) is 2.16. The summed E-state index contributed by atoms with van der Waals surface area (Å²) in [7, 11) is 0. The van der Waals surface area contributed by atoms with Crippen LogP contribution < -0.4 is 19.9 Å². The zero-order valence-corrected chi connectivity index (χ0v) is 8.41. The second-order valence-electron chi connectivity index (χ2n) is 3.22. The molecular weight excluding hydrogens is 220 g/mol. The minimum Gasteiger partial charge on any atom is -0.487 e. The number of rotatable bonds is 4. The van der Waals surface area contributed by atoms with E-state index in [1.165, 1.54) is 6.07 Å². The molecule has 4 nitrogen and oxygen atoms in total. The van der Waals surface area contributed by atoms with Crippen molar-refractivity contribution in [2.75, 3.05) is 13.4 Å². The first-order chi connectivity index (χ1) is 7.70. The highest BCUT2D eigenvalue weighted by Gasteiger charge is 2.18. The summed E-state index contributed by atoms with van der Waals surface area (Å²) < 4.78 is 39.2. The summed E-state index contributed by atoms with van der Waals surface area (Å²) in [5.74, 6) is 1.36. The van der Waals surface area contributed by atoms with Crippen LogP contribution in [0.4, 0.5) is 8.78 Å². The lowest BCUT2D eigenvalue weighted by Crippen LogP contribution is -2.09. The van der Waals surface area contributed by atoms with Crippen LogP contribution in [0.1, 0.15) is 5.56 Å². The molecule has 1 aromatic carbocycles. The van der Waals surface area contributed by atoms with Crippen molar-refractivity contribution in [3.8, 4) is 17.2 Å². The predicted molar refractivity (Wildman–Crippen MR) is 52.0 cm³/mol. The Kier molecular flexibility index (Phi) is 3.09. The molecule has 0 bridgehead atoms. The van der Waals surface area contributed by atoms with Gasteiger partial charge in [-0.25, -0.2) is 8.78 Å². The predicted octanol–water partition coefficient (Wildman–Crippen LogP) is 1.52. The van der Waals surface area contributed by atoms with Crippen LogP contribution in [0.2, 0.25) is 0 Å². The van der Waals surface area contributed by atoms with Crippen LogP contribution in [0.25, 0.3) is 0 Å². The standard InChI is InChI=1S/C10H11F2NO3/c11-10(12)4-14-7-2-9-8(15-5-16-9)1-6(7)3-13/h1-2,10H,3-5,13H2. The topological polar surface area (TPSA) is 53.7 Å². The van der Waals surface area contributed by atoms with Gasteiger partial charge in [0.05, 0.1) is 0 Å². The van der Waals surface area contributed by atoms with Crippen LogP contribution in [-0.2, 0) is 6.54 Å². The monoisotopic (exact) mass is 231 g/mol. The van der Waals surface area contributed by atoms with Crippen molar-refractivity contribution in [1.29, 1.82) is 0 Å². The van der Waals surface area contributed by atoms with Crippen LogP contribution >= 0.6 is 0 Å². The molecule has 88 valence electrons. The van der Waals surface area contributed by atoms with Gasteiger partial charge in [-0.2, -0.15) is 0 Å². The number of alkyl halides is 2. The second-order valence-corrected chi connectivity index (χ2v) is 3.22. The average Bonchev–Trinajstić information content (AvgIpc) is 2.71. The molecule has 0 aromatic heterocycles. The molecule has 0 unspecified atom stereocenters. The Morgan fingerprint density at radius 2 is 2.00 bits per heavy atom. The Labute approximate surface area is 90.9 Å². The van der Waals surface area contributed by atoms with Crippen LogP contribution in [0.3, 0.4) is 0 Å². The van der Waals surface area contributed by atoms with E-state index in [0.29, 0.717) is 22.8 Å². The fourth-order valence-electron chi connectivity index (χ4n) is 1.41. The lowest BCUT2D eigenvalue weighted by atomic mass is 10.2. The number of hydrogen-bond acceptors (Lipinski definition) is 4. The number of fused-ring (bicyclic) bond motifs is 1. The molecule has 2 N–H and O–H groups in total. The quantitative estimate of drug-likeness (QED) is 0.853. The smallest absolute Gasteiger partial charge is 0.272 e. The van der Waals surface area contributed by atoms with Crippen molar-refractivity contribution >= 4 is 0 Å². The van der Waals surface area contributed by atoms with Gasteiger partial charge in [-0.05, 0) is 6.07 Å². The number of halogens is 2. The molecule has 0 fully saturated rings. The molecule has 1 aromatic rings. The molecule has 0 spiro atoms. The number of hydrogen-bond donors (Lipinski definition) is 1. The van der Waals surface area contributed by atoms with E-state index in [4.69, 9.17) is 19.9 Å². The van der Waals surface area contributed by atoms with Gasteiger partial charge >= 0.3 is 0 Å². The van der Waals surface area contributed by atoms with E-state index in [2.05, 4.69) is 0 Å². The summed E-state index contributed by atoms with van der Waals surface area (Å²) in [6, 6.07) is 3.16. The fourth-order valence-corrected chi connectivity index (χ4v) is 1.41. The van der Waals surface area contributed by atoms with Crippen LogP contribution in [0, 0.1) is 0 Å². The largest absolute Gasteiger partial charge is 0.487 e. The molecule has 0 saturated carbocycles. The number of ether oxygens (including phenoxy) is 3. The SMILES string of the molecule is NCc1cc2c(cc1OCC(F)F)OCO2. The van der Waals surface area contributed by atoms with E-state index in [0.717, 1.165) is 0 Å². The Hall–Kier alpha value is -1.56. The van der Waals surface area contributed by atoms with Crippen molar-refractivity contribution in [2.24, 2.45) is 5.73 Å². The highest BCUT2D eigenvalue weighted by molar-refractivity contribution is 5.51. The van der Waals surface area contributed by atoms with Gasteiger partial charge in [0, 0.05) is 18.2 Å². The van der Waals surface area contributed by atoms with Gasteiger partial charge < -0.3 is 19.9 Å². The molecule has 0 radical (unpaired) electrons.